The third kappa shape index (κ3) is 3.44. The zero-order valence-electron chi connectivity index (χ0n) is 16.7. The first-order valence-corrected chi connectivity index (χ1v) is 10.0. The molecule has 158 valence electrons. The molecule has 2 fully saturated rings. The van der Waals surface area contributed by atoms with Crippen molar-refractivity contribution in [3.8, 4) is 28.9 Å². The standard InChI is InChI=1S/C20H20FN9O/c1-29(16-6-11-2-5-15(24-11)19(16)21)18-9-23-20(27-26-18)14-4-3-13(7-17(14)31)30-10-12(8-22)25-28-30/h3-4,7,9-11,15-16,19,24,31H,2,5-6H2,1H3/t11-,15+,16+,19-/m0/s1. The number of phenols is 1. The van der Waals surface area contributed by atoms with Crippen LogP contribution < -0.4 is 10.2 Å². The summed E-state index contributed by atoms with van der Waals surface area (Å²) in [6.07, 6.45) is 4.61. The molecule has 2 N–H and O–H groups in total. The molecule has 0 unspecified atom stereocenters. The van der Waals surface area contributed by atoms with Gasteiger partial charge in [0.2, 0.25) is 0 Å². The van der Waals surface area contributed by atoms with E-state index in [2.05, 4.69) is 30.8 Å². The Bertz CT molecular complexity index is 1140. The first-order valence-electron chi connectivity index (χ1n) is 10.0. The highest BCUT2D eigenvalue weighted by atomic mass is 19.1. The summed E-state index contributed by atoms with van der Waals surface area (Å²) in [5, 5.41) is 38.6. The Hall–Kier alpha value is -3.65. The summed E-state index contributed by atoms with van der Waals surface area (Å²) in [6.45, 7) is 0. The van der Waals surface area contributed by atoms with E-state index in [1.54, 1.807) is 23.2 Å². The van der Waals surface area contributed by atoms with Crippen LogP contribution in [0.15, 0.2) is 30.6 Å². The SMILES string of the molecule is CN(c1cnc(-c2ccc(-n3cc(C#N)nn3)cc2O)nn1)[C@@H]1C[C@@H]2CC[C@@H](N2)[C@@H]1F. The topological polar surface area (TPSA) is 129 Å². The van der Waals surface area contributed by atoms with E-state index in [1.165, 1.54) is 16.9 Å². The number of halogens is 1. The molecule has 2 bridgehead atoms. The number of hydrogen-bond donors (Lipinski definition) is 2. The zero-order chi connectivity index (χ0) is 21.5. The van der Waals surface area contributed by atoms with Gasteiger partial charge >= 0.3 is 0 Å². The van der Waals surface area contributed by atoms with E-state index >= 15 is 0 Å². The zero-order valence-corrected chi connectivity index (χ0v) is 16.7. The molecule has 10 nitrogen and oxygen atoms in total. The number of hydrogen-bond acceptors (Lipinski definition) is 9. The Balaban J connectivity index is 1.35. The summed E-state index contributed by atoms with van der Waals surface area (Å²) in [5.74, 6) is 0.674. The van der Waals surface area contributed by atoms with E-state index in [-0.39, 0.29) is 29.4 Å². The number of aromatic nitrogens is 6. The number of benzene rings is 1. The molecule has 2 aromatic heterocycles. The second-order valence-electron chi connectivity index (χ2n) is 7.91. The largest absolute Gasteiger partial charge is 0.507 e. The lowest BCUT2D eigenvalue weighted by Gasteiger charge is -2.38. The number of anilines is 1. The molecule has 2 aliphatic heterocycles. The normalized spacial score (nSPS) is 24.7. The number of aromatic hydroxyl groups is 1. The van der Waals surface area contributed by atoms with E-state index in [0.717, 1.165) is 19.3 Å². The maximum Gasteiger partial charge on any atom is 0.185 e. The number of nitrogens with one attached hydrogen (secondary N) is 1. The molecule has 0 saturated carbocycles. The molecule has 2 aliphatic rings. The Morgan fingerprint density at radius 1 is 1.29 bits per heavy atom. The molecule has 3 aromatic rings. The number of alkyl halides is 1. The highest BCUT2D eigenvalue weighted by molar-refractivity contribution is 5.66. The first kappa shape index (κ1) is 19.3. The second-order valence-corrected chi connectivity index (χ2v) is 7.91. The van der Waals surface area contributed by atoms with Gasteiger partial charge in [0.15, 0.2) is 17.3 Å². The minimum atomic E-state index is -0.972. The molecule has 0 amide bonds. The predicted octanol–water partition coefficient (Wildman–Crippen LogP) is 1.36. The van der Waals surface area contributed by atoms with Gasteiger partial charge in [-0.25, -0.2) is 14.1 Å². The molecular weight excluding hydrogens is 401 g/mol. The van der Waals surface area contributed by atoms with Crippen LogP contribution in [0.25, 0.3) is 17.1 Å². The molecule has 4 heterocycles. The fourth-order valence-corrected chi connectivity index (χ4v) is 4.37. The van der Waals surface area contributed by atoms with Crippen molar-refractivity contribution in [3.05, 3.63) is 36.3 Å². The van der Waals surface area contributed by atoms with Crippen molar-refractivity contribution in [3.63, 3.8) is 0 Å². The lowest BCUT2D eigenvalue weighted by atomic mass is 9.96. The van der Waals surface area contributed by atoms with Crippen LogP contribution in [-0.2, 0) is 0 Å². The molecular formula is C20H20FN9O. The summed E-state index contributed by atoms with van der Waals surface area (Å²) < 4.78 is 16.2. The van der Waals surface area contributed by atoms with Gasteiger partial charge in [0, 0.05) is 25.2 Å². The molecule has 5 rings (SSSR count). The van der Waals surface area contributed by atoms with Crippen molar-refractivity contribution in [1.82, 2.24) is 35.5 Å². The number of rotatable bonds is 4. The van der Waals surface area contributed by atoms with E-state index in [0.29, 0.717) is 23.1 Å². The maximum atomic E-state index is 14.8. The van der Waals surface area contributed by atoms with Crippen molar-refractivity contribution in [1.29, 1.82) is 5.26 Å². The highest BCUT2D eigenvalue weighted by Crippen LogP contribution is 2.33. The Morgan fingerprint density at radius 3 is 2.87 bits per heavy atom. The summed E-state index contributed by atoms with van der Waals surface area (Å²) in [7, 11) is 1.81. The lowest BCUT2D eigenvalue weighted by molar-refractivity contribution is 0.176. The van der Waals surface area contributed by atoms with Crippen LogP contribution in [0.5, 0.6) is 5.75 Å². The van der Waals surface area contributed by atoms with Gasteiger partial charge in [0.05, 0.1) is 29.7 Å². The summed E-state index contributed by atoms with van der Waals surface area (Å²) in [4.78, 5) is 6.14. The van der Waals surface area contributed by atoms with E-state index in [1.807, 2.05) is 13.1 Å². The lowest BCUT2D eigenvalue weighted by Crippen LogP contribution is -2.55. The van der Waals surface area contributed by atoms with Gasteiger partial charge in [-0.1, -0.05) is 5.21 Å². The van der Waals surface area contributed by atoms with E-state index in [9.17, 15) is 9.50 Å². The molecule has 4 atom stereocenters. The van der Waals surface area contributed by atoms with Gasteiger partial charge < -0.3 is 15.3 Å². The van der Waals surface area contributed by atoms with Gasteiger partial charge in [-0.2, -0.15) is 5.26 Å². The van der Waals surface area contributed by atoms with Crippen molar-refractivity contribution >= 4 is 5.82 Å². The fraction of sp³-hybridized carbons (Fsp3) is 0.400. The third-order valence-electron chi connectivity index (χ3n) is 6.06. The van der Waals surface area contributed by atoms with Gasteiger partial charge in [-0.05, 0) is 31.4 Å². The minimum absolute atomic E-state index is 0.0619. The van der Waals surface area contributed by atoms with Gasteiger partial charge in [-0.3, -0.25) is 0 Å². The number of nitrogens with zero attached hydrogens (tertiary/aromatic N) is 8. The summed E-state index contributed by atoms with van der Waals surface area (Å²) in [6, 6.07) is 6.69. The van der Waals surface area contributed by atoms with Crippen molar-refractivity contribution < 1.29 is 9.50 Å². The highest BCUT2D eigenvalue weighted by Gasteiger charge is 2.43. The number of nitriles is 1. The Labute approximate surface area is 177 Å². The van der Waals surface area contributed by atoms with Crippen molar-refractivity contribution in [2.24, 2.45) is 0 Å². The number of phenolic OH excluding ortho intramolecular Hbond substituents is 1. The van der Waals surface area contributed by atoms with Crippen LogP contribution in [0.1, 0.15) is 25.0 Å². The first-order chi connectivity index (χ1) is 15.0. The maximum absolute atomic E-state index is 14.8. The molecule has 0 radical (unpaired) electrons. The van der Waals surface area contributed by atoms with Crippen LogP contribution in [-0.4, -0.2) is 66.6 Å². The molecule has 2 saturated heterocycles. The van der Waals surface area contributed by atoms with Crippen molar-refractivity contribution in [2.45, 2.75) is 43.6 Å². The average Bonchev–Trinajstić information content (AvgIpc) is 3.43. The second kappa shape index (κ2) is 7.55. The Morgan fingerprint density at radius 2 is 2.16 bits per heavy atom. The quantitative estimate of drug-likeness (QED) is 0.641. The minimum Gasteiger partial charge on any atom is -0.507 e. The summed E-state index contributed by atoms with van der Waals surface area (Å²) >= 11 is 0. The molecule has 11 heteroatoms. The molecule has 0 spiro atoms. The fourth-order valence-electron chi connectivity index (χ4n) is 4.37. The van der Waals surface area contributed by atoms with Crippen LogP contribution in [0.4, 0.5) is 10.2 Å². The van der Waals surface area contributed by atoms with Crippen LogP contribution in [0.3, 0.4) is 0 Å². The summed E-state index contributed by atoms with van der Waals surface area (Å²) in [5.41, 5.74) is 1.11. The molecule has 31 heavy (non-hydrogen) atoms. The van der Waals surface area contributed by atoms with Crippen LogP contribution in [0.2, 0.25) is 0 Å². The number of piperidine rings is 1. The van der Waals surface area contributed by atoms with Gasteiger partial charge in [0.1, 0.15) is 18.0 Å². The van der Waals surface area contributed by atoms with Crippen LogP contribution in [0, 0.1) is 11.3 Å². The van der Waals surface area contributed by atoms with E-state index in [4.69, 9.17) is 5.26 Å². The number of fused-ring (bicyclic) bond motifs is 2. The Kier molecular flexibility index (Phi) is 4.71. The van der Waals surface area contributed by atoms with Gasteiger partial charge in [0.25, 0.3) is 0 Å². The predicted molar refractivity (Wildman–Crippen MR) is 108 cm³/mol. The smallest absolute Gasteiger partial charge is 0.185 e. The monoisotopic (exact) mass is 421 g/mol. The van der Waals surface area contributed by atoms with E-state index < -0.39 is 6.17 Å². The van der Waals surface area contributed by atoms with Crippen molar-refractivity contribution in [2.75, 3.05) is 11.9 Å². The van der Waals surface area contributed by atoms with Gasteiger partial charge in [-0.15, -0.1) is 15.3 Å². The van der Waals surface area contributed by atoms with Crippen LogP contribution >= 0.6 is 0 Å². The molecule has 1 aromatic carbocycles. The molecule has 0 aliphatic carbocycles. The average molecular weight is 421 g/mol. The third-order valence-corrected chi connectivity index (χ3v) is 6.06.